The zero-order chi connectivity index (χ0) is 29.8. The summed E-state index contributed by atoms with van der Waals surface area (Å²) in [6, 6.07) is 12.9. The molecular weight excluding hydrogens is 512 g/mol. The third-order valence-electron chi connectivity index (χ3n) is 7.74. The maximum atomic E-state index is 11.8. The number of unbranched alkanes of at least 4 members (excludes halogenated alkanes) is 3. The van der Waals surface area contributed by atoms with Crippen LogP contribution in [0.1, 0.15) is 125 Å². The number of hydrogen-bond donors (Lipinski definition) is 0. The van der Waals surface area contributed by atoms with Crippen LogP contribution in [0.15, 0.2) is 52.8 Å². The maximum Gasteiger partial charge on any atom is 0.331 e. The van der Waals surface area contributed by atoms with Gasteiger partial charge in [-0.05, 0) is 92.7 Å². The smallest absolute Gasteiger partial charge is 0.318 e. The summed E-state index contributed by atoms with van der Waals surface area (Å²) in [4.78, 5) is 33.2. The number of carbonyl (C=O) groups excluding carboxylic acids is 2. The Morgan fingerprint density at radius 3 is 2.29 bits per heavy atom. The molecule has 41 heavy (non-hydrogen) atoms. The number of carbonyl (C=O) groups is 2. The number of benzene rings is 2. The van der Waals surface area contributed by atoms with E-state index in [0.717, 1.165) is 60.1 Å². The summed E-state index contributed by atoms with van der Waals surface area (Å²) >= 11 is 0. The van der Waals surface area contributed by atoms with Crippen molar-refractivity contribution in [2.75, 3.05) is 0 Å². The van der Waals surface area contributed by atoms with Gasteiger partial charge in [0, 0.05) is 19.4 Å². The molecule has 1 saturated carbocycles. The number of oxime groups is 2. The predicted molar refractivity (Wildman–Crippen MR) is 167 cm³/mol. The van der Waals surface area contributed by atoms with Crippen molar-refractivity contribution < 1.29 is 19.3 Å². The van der Waals surface area contributed by atoms with E-state index in [4.69, 9.17) is 9.68 Å². The van der Waals surface area contributed by atoms with Gasteiger partial charge >= 0.3 is 11.9 Å². The minimum absolute atomic E-state index is 0.415. The van der Waals surface area contributed by atoms with Crippen LogP contribution in [-0.4, -0.2) is 23.4 Å². The first kappa shape index (κ1) is 32.0. The van der Waals surface area contributed by atoms with Crippen LogP contribution in [-0.2, 0) is 25.7 Å². The van der Waals surface area contributed by atoms with Crippen LogP contribution in [0.2, 0.25) is 0 Å². The topological polar surface area (TPSA) is 77.3 Å². The van der Waals surface area contributed by atoms with Gasteiger partial charge in [-0.2, -0.15) is 0 Å². The zero-order valence-electron chi connectivity index (χ0n) is 25.7. The lowest BCUT2D eigenvalue weighted by molar-refractivity contribution is -0.141. The van der Waals surface area contributed by atoms with Crippen LogP contribution in [0.5, 0.6) is 0 Å². The quantitative estimate of drug-likeness (QED) is 0.107. The zero-order valence-corrected chi connectivity index (χ0v) is 25.7. The van der Waals surface area contributed by atoms with Crippen LogP contribution >= 0.6 is 0 Å². The summed E-state index contributed by atoms with van der Waals surface area (Å²) in [5.41, 5.74) is 9.53. The molecule has 1 fully saturated rings. The van der Waals surface area contributed by atoms with Crippen molar-refractivity contribution in [3.63, 3.8) is 0 Å². The van der Waals surface area contributed by atoms with Gasteiger partial charge in [0.15, 0.2) is 0 Å². The van der Waals surface area contributed by atoms with E-state index in [0.29, 0.717) is 11.6 Å². The van der Waals surface area contributed by atoms with Crippen molar-refractivity contribution in [3.8, 4) is 0 Å². The standard InChI is InChI=1S/C35H46N2O4/c1-7-8-9-10-15-35(37-41-28(6)39)32(33-22-24(2)16-17-25(33)3)21-20-30-18-19-31(26(4)36-40-27(5)38)23-34(30)29-13-11-12-14-29/h16-19,21-23,29H,7-15,20H2,1-6H3/b32-21+,36-26+,37-35+. The Hall–Kier alpha value is -3.54. The van der Waals surface area contributed by atoms with Gasteiger partial charge in [-0.15, -0.1) is 0 Å². The summed E-state index contributed by atoms with van der Waals surface area (Å²) in [6.07, 6.45) is 12.9. The fourth-order valence-electron chi connectivity index (χ4n) is 5.50. The second kappa shape index (κ2) is 16.0. The van der Waals surface area contributed by atoms with Crippen molar-refractivity contribution in [3.05, 3.63) is 75.9 Å². The lowest BCUT2D eigenvalue weighted by Gasteiger charge is -2.18. The lowest BCUT2D eigenvalue weighted by Crippen LogP contribution is -2.09. The minimum atomic E-state index is -0.429. The molecule has 0 saturated heterocycles. The highest BCUT2D eigenvalue weighted by Gasteiger charge is 2.21. The van der Waals surface area contributed by atoms with E-state index in [1.54, 1.807) is 0 Å². The molecule has 1 aliphatic carbocycles. The van der Waals surface area contributed by atoms with Crippen molar-refractivity contribution in [1.82, 2.24) is 0 Å². The molecule has 220 valence electrons. The number of nitrogens with zero attached hydrogens (tertiary/aromatic N) is 2. The monoisotopic (exact) mass is 558 g/mol. The van der Waals surface area contributed by atoms with E-state index < -0.39 is 11.9 Å². The summed E-state index contributed by atoms with van der Waals surface area (Å²) in [6.45, 7) is 11.0. The highest BCUT2D eigenvalue weighted by molar-refractivity contribution is 6.24. The summed E-state index contributed by atoms with van der Waals surface area (Å²) in [5.74, 6) is -0.351. The first-order valence-corrected chi connectivity index (χ1v) is 15.1. The van der Waals surface area contributed by atoms with Crippen LogP contribution in [0.3, 0.4) is 0 Å². The average molecular weight is 559 g/mol. The van der Waals surface area contributed by atoms with Crippen molar-refractivity contribution in [1.29, 1.82) is 0 Å². The fourth-order valence-corrected chi connectivity index (χ4v) is 5.50. The molecule has 0 N–H and O–H groups in total. The van der Waals surface area contributed by atoms with Gasteiger partial charge in [-0.25, -0.2) is 9.59 Å². The summed E-state index contributed by atoms with van der Waals surface area (Å²) in [5, 5.41) is 8.41. The van der Waals surface area contributed by atoms with Crippen LogP contribution in [0.4, 0.5) is 0 Å². The van der Waals surface area contributed by atoms with Gasteiger partial charge in [0.2, 0.25) is 0 Å². The Labute approximate surface area is 245 Å². The molecule has 2 aromatic carbocycles. The summed E-state index contributed by atoms with van der Waals surface area (Å²) in [7, 11) is 0. The normalized spacial score (nSPS) is 14.8. The van der Waals surface area contributed by atoms with Crippen LogP contribution in [0.25, 0.3) is 5.57 Å². The van der Waals surface area contributed by atoms with Crippen molar-refractivity contribution in [2.45, 2.75) is 112 Å². The molecule has 0 amide bonds. The molecule has 6 nitrogen and oxygen atoms in total. The van der Waals surface area contributed by atoms with E-state index in [1.165, 1.54) is 62.6 Å². The SMILES string of the molecule is CCCCCCC(=N\OC(C)=O)/C(=C/Cc1ccc(/C(C)=N/OC(C)=O)cc1C1CCCC1)c1cc(C)ccc1C. The minimum Gasteiger partial charge on any atom is -0.318 e. The van der Waals surface area contributed by atoms with E-state index in [2.05, 4.69) is 73.6 Å². The van der Waals surface area contributed by atoms with E-state index in [1.807, 2.05) is 6.92 Å². The van der Waals surface area contributed by atoms with Gasteiger partial charge < -0.3 is 9.68 Å². The molecular formula is C35H46N2O4. The molecule has 0 aliphatic heterocycles. The molecule has 6 heteroatoms. The second-order valence-corrected chi connectivity index (χ2v) is 11.2. The average Bonchev–Trinajstić information content (AvgIpc) is 3.48. The molecule has 0 aromatic heterocycles. The number of rotatable bonds is 13. The fraction of sp³-hybridized carbons (Fsp3) is 0.486. The molecule has 2 aromatic rings. The van der Waals surface area contributed by atoms with E-state index in [9.17, 15) is 9.59 Å². The Kier molecular flexibility index (Phi) is 12.5. The third kappa shape index (κ3) is 9.80. The second-order valence-electron chi connectivity index (χ2n) is 11.2. The van der Waals surface area contributed by atoms with Gasteiger partial charge in [-0.1, -0.05) is 91.3 Å². The number of aryl methyl sites for hydroxylation is 2. The van der Waals surface area contributed by atoms with E-state index >= 15 is 0 Å². The molecule has 1 aliphatic rings. The first-order chi connectivity index (χ1) is 19.7. The molecule has 0 atom stereocenters. The van der Waals surface area contributed by atoms with Gasteiger partial charge in [0.25, 0.3) is 0 Å². The van der Waals surface area contributed by atoms with Gasteiger partial charge in [0.1, 0.15) is 0 Å². The molecule has 3 rings (SSSR count). The van der Waals surface area contributed by atoms with Gasteiger partial charge in [0.05, 0.1) is 11.4 Å². The third-order valence-corrected chi connectivity index (χ3v) is 7.74. The Morgan fingerprint density at radius 1 is 0.902 bits per heavy atom. The van der Waals surface area contributed by atoms with Crippen molar-refractivity contribution >= 4 is 28.9 Å². The molecule has 0 bridgehead atoms. The van der Waals surface area contributed by atoms with Crippen molar-refractivity contribution in [2.24, 2.45) is 10.3 Å². The molecule has 0 heterocycles. The molecule has 0 spiro atoms. The van der Waals surface area contributed by atoms with E-state index in [-0.39, 0.29) is 0 Å². The highest BCUT2D eigenvalue weighted by atomic mass is 16.7. The Balaban J connectivity index is 2.07. The molecule has 0 unspecified atom stereocenters. The van der Waals surface area contributed by atoms with Crippen LogP contribution in [0, 0.1) is 13.8 Å². The summed E-state index contributed by atoms with van der Waals surface area (Å²) < 4.78 is 0. The highest BCUT2D eigenvalue weighted by Crippen LogP contribution is 2.37. The Morgan fingerprint density at radius 2 is 1.61 bits per heavy atom. The number of hydrogen-bond acceptors (Lipinski definition) is 6. The molecule has 0 radical (unpaired) electrons. The lowest BCUT2D eigenvalue weighted by atomic mass is 9.87. The largest absolute Gasteiger partial charge is 0.331 e. The Bertz CT molecular complexity index is 1300. The van der Waals surface area contributed by atoms with Gasteiger partial charge in [-0.3, -0.25) is 0 Å². The number of allylic oxidation sites excluding steroid dienone is 2. The first-order valence-electron chi connectivity index (χ1n) is 15.1. The maximum absolute atomic E-state index is 11.8. The predicted octanol–water partition coefficient (Wildman–Crippen LogP) is 8.76. The van der Waals surface area contributed by atoms with Crippen LogP contribution < -0.4 is 0 Å².